The van der Waals surface area contributed by atoms with Gasteiger partial charge in [-0.15, -0.1) is 11.6 Å². The van der Waals surface area contributed by atoms with E-state index in [0.717, 1.165) is 12.8 Å². The highest BCUT2D eigenvalue weighted by atomic mass is 35.5. The van der Waals surface area contributed by atoms with Crippen LogP contribution in [0.5, 0.6) is 0 Å². The van der Waals surface area contributed by atoms with Gasteiger partial charge in [-0.1, -0.05) is 34.1 Å². The number of hydrogen-bond donors (Lipinski definition) is 0. The zero-order chi connectivity index (χ0) is 9.78. The van der Waals surface area contributed by atoms with Crippen molar-refractivity contribution in [2.45, 2.75) is 52.3 Å². The van der Waals surface area contributed by atoms with E-state index in [-0.39, 0.29) is 16.6 Å². The van der Waals surface area contributed by atoms with Crippen molar-refractivity contribution in [1.82, 2.24) is 0 Å². The van der Waals surface area contributed by atoms with Gasteiger partial charge in [-0.25, -0.2) is 0 Å². The molecule has 0 fully saturated rings. The minimum atomic E-state index is -0.235. The van der Waals surface area contributed by atoms with E-state index in [4.69, 9.17) is 11.6 Å². The number of alkyl halides is 1. The summed E-state index contributed by atoms with van der Waals surface area (Å²) < 4.78 is 0. The summed E-state index contributed by atoms with van der Waals surface area (Å²) in [5.74, 6) is 0.260. The highest BCUT2D eigenvalue weighted by Gasteiger charge is 2.23. The molecule has 1 atom stereocenters. The normalized spacial score (nSPS) is 14.4. The van der Waals surface area contributed by atoms with Crippen LogP contribution in [0.2, 0.25) is 0 Å². The Labute approximate surface area is 80.5 Å². The molecule has 0 amide bonds. The molecule has 0 spiro atoms. The van der Waals surface area contributed by atoms with Crippen molar-refractivity contribution in [1.29, 1.82) is 0 Å². The standard InChI is InChI=1S/C10H19ClO/c1-5-6-8(11)7-9(12)10(2,3)4/h8H,5-7H2,1-4H3. The van der Waals surface area contributed by atoms with Gasteiger partial charge in [0.05, 0.1) is 0 Å². The first kappa shape index (κ1) is 12.0. The monoisotopic (exact) mass is 190 g/mol. The third kappa shape index (κ3) is 4.76. The summed E-state index contributed by atoms with van der Waals surface area (Å²) in [6, 6.07) is 0. The first-order valence-corrected chi connectivity index (χ1v) is 4.99. The Bertz CT molecular complexity index is 146. The molecule has 2 heteroatoms. The number of carbonyl (C=O) groups is 1. The zero-order valence-corrected chi connectivity index (χ0v) is 9.24. The zero-order valence-electron chi connectivity index (χ0n) is 8.48. The van der Waals surface area contributed by atoms with Gasteiger partial charge in [-0.2, -0.15) is 0 Å². The molecule has 0 saturated heterocycles. The molecule has 0 bridgehead atoms. The van der Waals surface area contributed by atoms with Crippen LogP contribution in [0, 0.1) is 5.41 Å². The molecule has 0 saturated carbocycles. The average molecular weight is 191 g/mol. The number of halogens is 1. The predicted octanol–water partition coefficient (Wildman–Crippen LogP) is 3.40. The Balaban J connectivity index is 3.85. The molecule has 0 aliphatic carbocycles. The van der Waals surface area contributed by atoms with E-state index in [0.29, 0.717) is 6.42 Å². The molecule has 0 aromatic rings. The van der Waals surface area contributed by atoms with Crippen LogP contribution in [-0.4, -0.2) is 11.2 Å². The molecular weight excluding hydrogens is 172 g/mol. The second-order valence-electron chi connectivity index (χ2n) is 4.26. The van der Waals surface area contributed by atoms with Crippen LogP contribution < -0.4 is 0 Å². The summed E-state index contributed by atoms with van der Waals surface area (Å²) in [5, 5.41) is 0.0294. The highest BCUT2D eigenvalue weighted by Crippen LogP contribution is 2.21. The van der Waals surface area contributed by atoms with Crippen LogP contribution in [0.3, 0.4) is 0 Å². The lowest BCUT2D eigenvalue weighted by atomic mass is 9.88. The van der Waals surface area contributed by atoms with Crippen molar-refractivity contribution in [3.05, 3.63) is 0 Å². The van der Waals surface area contributed by atoms with Crippen LogP contribution in [0.1, 0.15) is 47.0 Å². The van der Waals surface area contributed by atoms with Crippen LogP contribution in [0.4, 0.5) is 0 Å². The summed E-state index contributed by atoms with van der Waals surface area (Å²) in [6.45, 7) is 7.89. The van der Waals surface area contributed by atoms with Gasteiger partial charge < -0.3 is 0 Å². The predicted molar refractivity (Wildman–Crippen MR) is 53.6 cm³/mol. The SMILES string of the molecule is CCCC(Cl)CC(=O)C(C)(C)C. The van der Waals surface area contributed by atoms with Gasteiger partial charge in [-0.3, -0.25) is 4.79 Å². The topological polar surface area (TPSA) is 17.1 Å². The molecular formula is C10H19ClO. The molecule has 0 N–H and O–H groups in total. The van der Waals surface area contributed by atoms with E-state index in [1.165, 1.54) is 0 Å². The second kappa shape index (κ2) is 4.86. The van der Waals surface area contributed by atoms with E-state index in [1.807, 2.05) is 20.8 Å². The summed E-state index contributed by atoms with van der Waals surface area (Å²) >= 11 is 5.96. The first-order chi connectivity index (χ1) is 5.38. The fourth-order valence-electron chi connectivity index (χ4n) is 0.923. The number of carbonyl (C=O) groups excluding carboxylic acids is 1. The lowest BCUT2D eigenvalue weighted by Gasteiger charge is -2.18. The average Bonchev–Trinajstić information content (AvgIpc) is 1.85. The van der Waals surface area contributed by atoms with E-state index in [9.17, 15) is 4.79 Å². The molecule has 0 heterocycles. The number of hydrogen-bond acceptors (Lipinski definition) is 1. The summed E-state index contributed by atoms with van der Waals surface area (Å²) in [7, 11) is 0. The van der Waals surface area contributed by atoms with Gasteiger partial charge in [0.1, 0.15) is 5.78 Å². The molecule has 72 valence electrons. The van der Waals surface area contributed by atoms with Crippen LogP contribution >= 0.6 is 11.6 Å². The van der Waals surface area contributed by atoms with E-state index in [1.54, 1.807) is 0 Å². The first-order valence-electron chi connectivity index (χ1n) is 4.55. The lowest BCUT2D eigenvalue weighted by molar-refractivity contribution is -0.126. The minimum Gasteiger partial charge on any atom is -0.299 e. The maximum Gasteiger partial charge on any atom is 0.139 e. The second-order valence-corrected chi connectivity index (χ2v) is 4.88. The van der Waals surface area contributed by atoms with Gasteiger partial charge in [0.25, 0.3) is 0 Å². The molecule has 0 aromatic carbocycles. The summed E-state index contributed by atoms with van der Waals surface area (Å²) in [6.07, 6.45) is 2.49. The molecule has 0 aliphatic rings. The number of Topliss-reactive ketones (excluding diaryl/α,β-unsaturated/α-hetero) is 1. The van der Waals surface area contributed by atoms with Crippen molar-refractivity contribution in [3.63, 3.8) is 0 Å². The molecule has 1 unspecified atom stereocenters. The van der Waals surface area contributed by atoms with Crippen molar-refractivity contribution >= 4 is 17.4 Å². The fraction of sp³-hybridized carbons (Fsp3) is 0.900. The van der Waals surface area contributed by atoms with Crippen molar-refractivity contribution in [2.75, 3.05) is 0 Å². The third-order valence-corrected chi connectivity index (χ3v) is 2.22. The minimum absolute atomic E-state index is 0.0294. The van der Waals surface area contributed by atoms with Crippen molar-refractivity contribution < 1.29 is 4.79 Å². The quantitative estimate of drug-likeness (QED) is 0.621. The number of rotatable bonds is 4. The third-order valence-electron chi connectivity index (χ3n) is 1.85. The van der Waals surface area contributed by atoms with E-state index >= 15 is 0 Å². The van der Waals surface area contributed by atoms with Crippen LogP contribution in [-0.2, 0) is 4.79 Å². The Morgan fingerprint density at radius 1 is 1.42 bits per heavy atom. The highest BCUT2D eigenvalue weighted by molar-refractivity contribution is 6.21. The van der Waals surface area contributed by atoms with Gasteiger partial charge in [-0.05, 0) is 6.42 Å². The van der Waals surface area contributed by atoms with Gasteiger partial charge in [0, 0.05) is 17.2 Å². The van der Waals surface area contributed by atoms with Gasteiger partial charge in [0.2, 0.25) is 0 Å². The van der Waals surface area contributed by atoms with Crippen LogP contribution in [0.25, 0.3) is 0 Å². The van der Waals surface area contributed by atoms with Gasteiger partial charge in [0.15, 0.2) is 0 Å². The number of ketones is 1. The van der Waals surface area contributed by atoms with Gasteiger partial charge >= 0.3 is 0 Å². The lowest BCUT2D eigenvalue weighted by Crippen LogP contribution is -2.23. The van der Waals surface area contributed by atoms with Crippen molar-refractivity contribution in [3.8, 4) is 0 Å². The summed E-state index contributed by atoms with van der Waals surface area (Å²) in [5.41, 5.74) is -0.235. The smallest absolute Gasteiger partial charge is 0.139 e. The largest absolute Gasteiger partial charge is 0.299 e. The maximum absolute atomic E-state index is 11.5. The molecule has 0 aromatic heterocycles. The molecule has 0 rings (SSSR count). The fourth-order valence-corrected chi connectivity index (χ4v) is 1.28. The molecule has 12 heavy (non-hydrogen) atoms. The van der Waals surface area contributed by atoms with Crippen LogP contribution in [0.15, 0.2) is 0 Å². The van der Waals surface area contributed by atoms with Crippen molar-refractivity contribution in [2.24, 2.45) is 5.41 Å². The maximum atomic E-state index is 11.5. The Kier molecular flexibility index (Phi) is 4.84. The molecule has 1 nitrogen and oxygen atoms in total. The van der Waals surface area contributed by atoms with E-state index in [2.05, 4.69) is 6.92 Å². The Hall–Kier alpha value is -0.0400. The van der Waals surface area contributed by atoms with E-state index < -0.39 is 0 Å². The summed E-state index contributed by atoms with van der Waals surface area (Å²) in [4.78, 5) is 11.5. The Morgan fingerprint density at radius 3 is 2.25 bits per heavy atom. The Morgan fingerprint density at radius 2 is 1.92 bits per heavy atom. The molecule has 0 radical (unpaired) electrons. The molecule has 0 aliphatic heterocycles.